The van der Waals surface area contributed by atoms with E-state index in [2.05, 4.69) is 5.92 Å². The predicted octanol–water partition coefficient (Wildman–Crippen LogP) is 0.474. The molecule has 0 saturated heterocycles. The molecular weight excluding hydrogens is 231 g/mol. The minimum atomic E-state index is -0.950. The van der Waals surface area contributed by atoms with Gasteiger partial charge in [-0.1, -0.05) is 6.07 Å². The van der Waals surface area contributed by atoms with E-state index in [4.69, 9.17) is 15.8 Å². The molecule has 1 aromatic rings. The Morgan fingerprint density at radius 2 is 2.44 bits per heavy atom. The van der Waals surface area contributed by atoms with Crippen molar-refractivity contribution in [2.45, 2.75) is 19.4 Å². The molecule has 2 rings (SSSR count). The maximum absolute atomic E-state index is 11.7. The fourth-order valence-corrected chi connectivity index (χ4v) is 1.76. The fourth-order valence-electron chi connectivity index (χ4n) is 1.76. The van der Waals surface area contributed by atoms with Crippen LogP contribution in [-0.4, -0.2) is 24.7 Å². The van der Waals surface area contributed by atoms with Crippen LogP contribution in [-0.2, 0) is 16.0 Å². The van der Waals surface area contributed by atoms with Crippen molar-refractivity contribution in [3.05, 3.63) is 29.3 Å². The van der Waals surface area contributed by atoms with Crippen LogP contribution in [0.4, 0.5) is 0 Å². The van der Waals surface area contributed by atoms with Gasteiger partial charge in [0.15, 0.2) is 0 Å². The van der Waals surface area contributed by atoms with E-state index in [9.17, 15) is 9.82 Å². The van der Waals surface area contributed by atoms with Crippen molar-refractivity contribution in [1.82, 2.24) is 0 Å². The Balaban J connectivity index is 1.99. The first-order valence-corrected chi connectivity index (χ1v) is 5.75. The SMILES string of the molecule is C#CCCCOC(=O)c1ccc2c(c1)B(O)OC2. The lowest BCUT2D eigenvalue weighted by Gasteiger charge is -2.05. The first-order valence-electron chi connectivity index (χ1n) is 5.75. The van der Waals surface area contributed by atoms with Crippen molar-refractivity contribution in [3.8, 4) is 12.3 Å². The summed E-state index contributed by atoms with van der Waals surface area (Å²) in [5.74, 6) is 2.07. The van der Waals surface area contributed by atoms with Gasteiger partial charge in [-0.3, -0.25) is 0 Å². The normalized spacial score (nSPS) is 13.0. The molecule has 0 spiro atoms. The fraction of sp³-hybridized carbons (Fsp3) is 0.308. The Kier molecular flexibility index (Phi) is 4.03. The number of terminal acetylenes is 1. The maximum atomic E-state index is 11.7. The molecule has 18 heavy (non-hydrogen) atoms. The highest BCUT2D eigenvalue weighted by Gasteiger charge is 2.28. The van der Waals surface area contributed by atoms with Gasteiger partial charge in [0.1, 0.15) is 0 Å². The topological polar surface area (TPSA) is 55.8 Å². The minimum absolute atomic E-state index is 0.305. The highest BCUT2D eigenvalue weighted by atomic mass is 16.5. The number of carbonyl (C=O) groups is 1. The van der Waals surface area contributed by atoms with E-state index in [1.165, 1.54) is 0 Å². The zero-order valence-electron chi connectivity index (χ0n) is 9.89. The molecule has 0 radical (unpaired) electrons. The van der Waals surface area contributed by atoms with Gasteiger partial charge in [0.2, 0.25) is 0 Å². The van der Waals surface area contributed by atoms with E-state index in [0.29, 0.717) is 37.1 Å². The van der Waals surface area contributed by atoms with Crippen LogP contribution in [0, 0.1) is 12.3 Å². The van der Waals surface area contributed by atoms with Gasteiger partial charge in [-0.2, -0.15) is 0 Å². The second-order valence-corrected chi connectivity index (χ2v) is 4.02. The second kappa shape index (κ2) is 5.72. The zero-order valence-corrected chi connectivity index (χ0v) is 9.89. The highest BCUT2D eigenvalue weighted by Crippen LogP contribution is 2.12. The standard InChI is InChI=1S/C13H13BO4/c1-2-3-4-7-17-13(15)10-5-6-11-9-18-14(16)12(11)8-10/h1,5-6,8,16H,3-4,7,9H2. The molecule has 0 unspecified atom stereocenters. The van der Waals surface area contributed by atoms with Gasteiger partial charge < -0.3 is 14.4 Å². The van der Waals surface area contributed by atoms with E-state index in [1.54, 1.807) is 18.2 Å². The molecule has 0 fully saturated rings. The quantitative estimate of drug-likeness (QED) is 0.362. The second-order valence-electron chi connectivity index (χ2n) is 4.02. The number of hydrogen-bond donors (Lipinski definition) is 1. The summed E-state index contributed by atoms with van der Waals surface area (Å²) in [4.78, 5) is 11.7. The third-order valence-corrected chi connectivity index (χ3v) is 2.74. The summed E-state index contributed by atoms with van der Waals surface area (Å²) in [6.07, 6.45) is 6.34. The Morgan fingerprint density at radius 1 is 1.61 bits per heavy atom. The largest absolute Gasteiger partial charge is 0.491 e. The number of fused-ring (bicyclic) bond motifs is 1. The van der Waals surface area contributed by atoms with Gasteiger partial charge in [0.05, 0.1) is 18.8 Å². The van der Waals surface area contributed by atoms with Crippen LogP contribution in [0.5, 0.6) is 0 Å². The predicted molar refractivity (Wildman–Crippen MR) is 67.2 cm³/mol. The average Bonchev–Trinajstić information content (AvgIpc) is 2.76. The smallest absolute Gasteiger partial charge is 0.462 e. The van der Waals surface area contributed by atoms with Crippen molar-refractivity contribution in [2.75, 3.05) is 6.61 Å². The lowest BCUT2D eigenvalue weighted by Crippen LogP contribution is -2.28. The van der Waals surface area contributed by atoms with Gasteiger partial charge in [-0.05, 0) is 29.6 Å². The molecule has 1 aromatic carbocycles. The lowest BCUT2D eigenvalue weighted by molar-refractivity contribution is 0.0502. The number of carbonyl (C=O) groups excluding carboxylic acids is 1. The van der Waals surface area contributed by atoms with Crippen molar-refractivity contribution in [3.63, 3.8) is 0 Å². The van der Waals surface area contributed by atoms with Crippen LogP contribution in [0.25, 0.3) is 0 Å². The zero-order chi connectivity index (χ0) is 13.0. The molecule has 1 heterocycles. The van der Waals surface area contributed by atoms with Crippen LogP contribution >= 0.6 is 0 Å². The van der Waals surface area contributed by atoms with Crippen molar-refractivity contribution >= 4 is 18.6 Å². The van der Waals surface area contributed by atoms with E-state index in [0.717, 1.165) is 5.56 Å². The molecule has 92 valence electrons. The molecule has 4 nitrogen and oxygen atoms in total. The number of esters is 1. The number of hydrogen-bond acceptors (Lipinski definition) is 4. The minimum Gasteiger partial charge on any atom is -0.462 e. The van der Waals surface area contributed by atoms with Crippen LogP contribution in [0.1, 0.15) is 28.8 Å². The Bertz CT molecular complexity index is 492. The maximum Gasteiger partial charge on any atom is 0.491 e. The van der Waals surface area contributed by atoms with E-state index in [1.807, 2.05) is 0 Å². The van der Waals surface area contributed by atoms with Crippen molar-refractivity contribution in [2.24, 2.45) is 0 Å². The van der Waals surface area contributed by atoms with Crippen LogP contribution in [0.3, 0.4) is 0 Å². The summed E-state index contributed by atoms with van der Waals surface area (Å²) in [5, 5.41) is 9.54. The van der Waals surface area contributed by atoms with E-state index >= 15 is 0 Å². The number of ether oxygens (including phenoxy) is 1. The molecule has 1 N–H and O–H groups in total. The summed E-state index contributed by atoms with van der Waals surface area (Å²) >= 11 is 0. The summed E-state index contributed by atoms with van der Waals surface area (Å²) < 4.78 is 10.1. The lowest BCUT2D eigenvalue weighted by atomic mass is 9.79. The molecule has 0 amide bonds. The number of rotatable bonds is 4. The molecule has 0 saturated carbocycles. The molecule has 5 heteroatoms. The van der Waals surface area contributed by atoms with Crippen molar-refractivity contribution in [1.29, 1.82) is 0 Å². The van der Waals surface area contributed by atoms with E-state index < -0.39 is 13.1 Å². The van der Waals surface area contributed by atoms with Crippen molar-refractivity contribution < 1.29 is 19.2 Å². The monoisotopic (exact) mass is 244 g/mol. The molecule has 1 aliphatic heterocycles. The summed E-state index contributed by atoms with van der Waals surface area (Å²) in [5.41, 5.74) is 1.94. The van der Waals surface area contributed by atoms with Gasteiger partial charge in [0.25, 0.3) is 0 Å². The molecule has 0 atom stereocenters. The molecule has 0 aliphatic carbocycles. The molecule has 0 aromatic heterocycles. The Labute approximate surface area is 106 Å². The van der Waals surface area contributed by atoms with E-state index in [-0.39, 0.29) is 0 Å². The molecule has 1 aliphatic rings. The molecule has 0 bridgehead atoms. The third kappa shape index (κ3) is 2.73. The first kappa shape index (κ1) is 12.7. The number of benzene rings is 1. The average molecular weight is 244 g/mol. The highest BCUT2D eigenvalue weighted by molar-refractivity contribution is 6.61. The Hall–Kier alpha value is -1.77. The van der Waals surface area contributed by atoms with Gasteiger partial charge in [0, 0.05) is 6.42 Å². The summed E-state index contributed by atoms with van der Waals surface area (Å²) in [6, 6.07) is 5.05. The van der Waals surface area contributed by atoms with Crippen LogP contribution in [0.15, 0.2) is 18.2 Å². The summed E-state index contributed by atoms with van der Waals surface area (Å²) in [7, 11) is -0.950. The first-order chi connectivity index (χ1) is 8.72. The van der Waals surface area contributed by atoms with Crippen LogP contribution < -0.4 is 5.46 Å². The third-order valence-electron chi connectivity index (χ3n) is 2.74. The Morgan fingerprint density at radius 3 is 3.22 bits per heavy atom. The van der Waals surface area contributed by atoms with Gasteiger partial charge in [-0.15, -0.1) is 12.3 Å². The van der Waals surface area contributed by atoms with Gasteiger partial charge in [-0.25, -0.2) is 4.79 Å². The molecular formula is C13H13BO4. The van der Waals surface area contributed by atoms with Gasteiger partial charge >= 0.3 is 13.1 Å². The summed E-state index contributed by atoms with van der Waals surface area (Å²) in [6.45, 7) is 0.674. The number of unbranched alkanes of at least 4 members (excludes halogenated alkanes) is 1. The van der Waals surface area contributed by atoms with Crippen LogP contribution in [0.2, 0.25) is 0 Å².